The molecule has 0 spiro atoms. The van der Waals surface area contributed by atoms with Crippen molar-refractivity contribution in [2.75, 3.05) is 5.73 Å². The molecule has 3 N–H and O–H groups in total. The summed E-state index contributed by atoms with van der Waals surface area (Å²) in [5.74, 6) is -0.325. The molecule has 1 aromatic rings. The fourth-order valence-corrected chi connectivity index (χ4v) is 1.47. The Morgan fingerprint density at radius 1 is 1.62 bits per heavy atom. The van der Waals surface area contributed by atoms with E-state index in [1.54, 1.807) is 12.3 Å². The van der Waals surface area contributed by atoms with Crippen LogP contribution in [-0.4, -0.2) is 16.1 Å². The molecular weight excluding hydrogens is 168 g/mol. The number of rotatable bonds is 2. The topological polar surface area (TPSA) is 76.2 Å². The van der Waals surface area contributed by atoms with Gasteiger partial charge in [0.25, 0.3) is 0 Å². The highest BCUT2D eigenvalue weighted by Crippen LogP contribution is 2.47. The van der Waals surface area contributed by atoms with Crippen molar-refractivity contribution in [3.8, 4) is 0 Å². The van der Waals surface area contributed by atoms with Crippen molar-refractivity contribution in [3.05, 3.63) is 23.9 Å². The summed E-state index contributed by atoms with van der Waals surface area (Å²) in [5.41, 5.74) is 6.39. The number of carbonyl (C=O) groups is 1. The zero-order chi connectivity index (χ0) is 9.42. The Morgan fingerprint density at radius 3 is 2.85 bits per heavy atom. The van der Waals surface area contributed by atoms with Crippen molar-refractivity contribution in [3.63, 3.8) is 0 Å². The molecule has 68 valence electrons. The maximum atomic E-state index is 10.6. The van der Waals surface area contributed by atoms with Crippen LogP contribution in [0.25, 0.3) is 0 Å². The number of carboxylic acids is 1. The maximum Gasteiger partial charge on any atom is 0.307 e. The molecule has 0 saturated heterocycles. The van der Waals surface area contributed by atoms with Crippen LogP contribution < -0.4 is 5.73 Å². The number of pyridine rings is 1. The summed E-state index contributed by atoms with van der Waals surface area (Å²) in [4.78, 5) is 14.5. The summed E-state index contributed by atoms with van der Waals surface area (Å²) >= 11 is 0. The highest BCUT2D eigenvalue weighted by atomic mass is 16.4. The number of nitrogen functional groups attached to an aromatic ring is 1. The molecule has 2 rings (SSSR count). The van der Waals surface area contributed by atoms with Crippen LogP contribution in [0.3, 0.4) is 0 Å². The standard InChI is InChI=1S/C9H10N2O2/c10-8-2-1-5(4-11-8)6-3-7(6)9(12)13/h1-2,4,6-7H,3H2,(H2,10,11)(H,12,13)/t6-,7?/m1/s1. The van der Waals surface area contributed by atoms with E-state index in [1.165, 1.54) is 0 Å². The van der Waals surface area contributed by atoms with E-state index < -0.39 is 5.97 Å². The molecule has 0 radical (unpaired) electrons. The van der Waals surface area contributed by atoms with Crippen LogP contribution in [0.1, 0.15) is 17.9 Å². The van der Waals surface area contributed by atoms with E-state index in [4.69, 9.17) is 10.8 Å². The van der Waals surface area contributed by atoms with Gasteiger partial charge in [0.2, 0.25) is 0 Å². The molecule has 0 aromatic carbocycles. The van der Waals surface area contributed by atoms with Gasteiger partial charge in [-0.2, -0.15) is 0 Å². The number of hydrogen-bond donors (Lipinski definition) is 2. The number of aliphatic carboxylic acids is 1. The summed E-state index contributed by atoms with van der Waals surface area (Å²) in [6.07, 6.45) is 2.38. The number of anilines is 1. The summed E-state index contributed by atoms with van der Waals surface area (Å²) in [5, 5.41) is 8.69. The summed E-state index contributed by atoms with van der Waals surface area (Å²) < 4.78 is 0. The molecule has 1 aromatic heterocycles. The van der Waals surface area contributed by atoms with E-state index in [9.17, 15) is 4.79 Å². The van der Waals surface area contributed by atoms with Gasteiger partial charge in [0.15, 0.2) is 0 Å². The van der Waals surface area contributed by atoms with Crippen molar-refractivity contribution in [2.45, 2.75) is 12.3 Å². The van der Waals surface area contributed by atoms with E-state index in [0.717, 1.165) is 12.0 Å². The fourth-order valence-electron chi connectivity index (χ4n) is 1.47. The van der Waals surface area contributed by atoms with Gasteiger partial charge in [0.05, 0.1) is 5.92 Å². The van der Waals surface area contributed by atoms with Gasteiger partial charge < -0.3 is 10.8 Å². The SMILES string of the molecule is Nc1ccc([C@H]2CC2C(=O)O)cn1. The lowest BCUT2D eigenvalue weighted by atomic mass is 10.1. The Bertz CT molecular complexity index is 334. The van der Waals surface area contributed by atoms with Gasteiger partial charge in [-0.05, 0) is 24.0 Å². The van der Waals surface area contributed by atoms with Crippen molar-refractivity contribution >= 4 is 11.8 Å². The zero-order valence-corrected chi connectivity index (χ0v) is 6.97. The first kappa shape index (κ1) is 8.04. The lowest BCUT2D eigenvalue weighted by Crippen LogP contribution is -1.99. The third kappa shape index (κ3) is 1.47. The molecule has 1 aliphatic carbocycles. The normalized spacial score (nSPS) is 25.5. The van der Waals surface area contributed by atoms with Gasteiger partial charge in [-0.3, -0.25) is 4.79 Å². The first-order valence-corrected chi connectivity index (χ1v) is 4.12. The Morgan fingerprint density at radius 2 is 2.38 bits per heavy atom. The molecule has 2 atom stereocenters. The summed E-state index contributed by atoms with van der Waals surface area (Å²) in [6.45, 7) is 0. The average Bonchev–Trinajstić information content (AvgIpc) is 2.85. The fraction of sp³-hybridized carbons (Fsp3) is 0.333. The number of nitrogens with zero attached hydrogens (tertiary/aromatic N) is 1. The zero-order valence-electron chi connectivity index (χ0n) is 6.97. The molecule has 1 unspecified atom stereocenters. The maximum absolute atomic E-state index is 10.6. The monoisotopic (exact) mass is 178 g/mol. The third-order valence-electron chi connectivity index (χ3n) is 2.35. The minimum absolute atomic E-state index is 0.144. The molecule has 1 heterocycles. The quantitative estimate of drug-likeness (QED) is 0.703. The third-order valence-corrected chi connectivity index (χ3v) is 2.35. The van der Waals surface area contributed by atoms with Crippen LogP contribution in [0.4, 0.5) is 5.82 Å². The van der Waals surface area contributed by atoms with E-state index >= 15 is 0 Å². The smallest absolute Gasteiger partial charge is 0.307 e. The lowest BCUT2D eigenvalue weighted by Gasteiger charge is -1.97. The second kappa shape index (κ2) is 2.73. The van der Waals surface area contributed by atoms with E-state index in [1.807, 2.05) is 6.07 Å². The minimum Gasteiger partial charge on any atom is -0.481 e. The lowest BCUT2D eigenvalue weighted by molar-refractivity contribution is -0.138. The molecule has 0 bridgehead atoms. The van der Waals surface area contributed by atoms with Gasteiger partial charge in [-0.15, -0.1) is 0 Å². The van der Waals surface area contributed by atoms with Gasteiger partial charge in [-0.1, -0.05) is 6.07 Å². The molecule has 1 fully saturated rings. The van der Waals surface area contributed by atoms with Crippen LogP contribution >= 0.6 is 0 Å². The summed E-state index contributed by atoms with van der Waals surface area (Å²) in [7, 11) is 0. The van der Waals surface area contributed by atoms with Crippen LogP contribution in [0.15, 0.2) is 18.3 Å². The minimum atomic E-state index is -0.721. The second-order valence-electron chi connectivity index (χ2n) is 3.30. The van der Waals surface area contributed by atoms with Crippen LogP contribution in [0.2, 0.25) is 0 Å². The predicted octanol–water partition coefficient (Wildman–Crippen LogP) is 0.852. The van der Waals surface area contributed by atoms with Crippen molar-refractivity contribution in [1.82, 2.24) is 4.98 Å². The van der Waals surface area contributed by atoms with Gasteiger partial charge >= 0.3 is 5.97 Å². The van der Waals surface area contributed by atoms with Crippen LogP contribution in [-0.2, 0) is 4.79 Å². The van der Waals surface area contributed by atoms with E-state index in [-0.39, 0.29) is 11.8 Å². The largest absolute Gasteiger partial charge is 0.481 e. The number of aromatic nitrogens is 1. The Hall–Kier alpha value is -1.58. The van der Waals surface area contributed by atoms with E-state index in [2.05, 4.69) is 4.98 Å². The molecule has 0 amide bonds. The molecule has 1 aliphatic rings. The van der Waals surface area contributed by atoms with Gasteiger partial charge in [0.1, 0.15) is 5.82 Å². The van der Waals surface area contributed by atoms with Crippen molar-refractivity contribution in [2.24, 2.45) is 5.92 Å². The molecule has 4 heteroatoms. The Labute approximate surface area is 75.4 Å². The van der Waals surface area contributed by atoms with Crippen molar-refractivity contribution in [1.29, 1.82) is 0 Å². The van der Waals surface area contributed by atoms with E-state index in [0.29, 0.717) is 5.82 Å². The van der Waals surface area contributed by atoms with Crippen molar-refractivity contribution < 1.29 is 9.90 Å². The number of carboxylic acid groups (broad SMARTS) is 1. The Kier molecular flexibility index (Phi) is 1.69. The molecule has 0 aliphatic heterocycles. The van der Waals surface area contributed by atoms with Gasteiger partial charge in [0, 0.05) is 6.20 Å². The number of hydrogen-bond acceptors (Lipinski definition) is 3. The molecule has 1 saturated carbocycles. The summed E-state index contributed by atoms with van der Waals surface area (Å²) in [6, 6.07) is 3.54. The number of nitrogens with two attached hydrogens (primary N) is 1. The molecular formula is C9H10N2O2. The highest BCUT2D eigenvalue weighted by Gasteiger charge is 2.44. The Balaban J connectivity index is 2.12. The average molecular weight is 178 g/mol. The molecule has 13 heavy (non-hydrogen) atoms. The van der Waals surface area contributed by atoms with Crippen LogP contribution in [0.5, 0.6) is 0 Å². The van der Waals surface area contributed by atoms with Gasteiger partial charge in [-0.25, -0.2) is 4.98 Å². The first-order chi connectivity index (χ1) is 6.18. The highest BCUT2D eigenvalue weighted by molar-refractivity contribution is 5.75. The second-order valence-corrected chi connectivity index (χ2v) is 3.30. The molecule has 4 nitrogen and oxygen atoms in total. The first-order valence-electron chi connectivity index (χ1n) is 4.12. The van der Waals surface area contributed by atoms with Crippen LogP contribution in [0, 0.1) is 5.92 Å². The predicted molar refractivity (Wildman–Crippen MR) is 47.1 cm³/mol.